The molecule has 1 aromatic carbocycles. The lowest BCUT2D eigenvalue weighted by Crippen LogP contribution is -2.41. The van der Waals surface area contributed by atoms with Crippen LogP contribution in [0.15, 0.2) is 18.2 Å². The van der Waals surface area contributed by atoms with E-state index in [0.29, 0.717) is 45.4 Å². The van der Waals surface area contributed by atoms with Gasteiger partial charge in [0.2, 0.25) is 5.91 Å². The number of amides is 1. The van der Waals surface area contributed by atoms with Crippen LogP contribution in [0.3, 0.4) is 0 Å². The fourth-order valence-electron chi connectivity index (χ4n) is 4.63. The van der Waals surface area contributed by atoms with Crippen molar-refractivity contribution >= 4 is 17.5 Å². The number of nitrogens with zero attached hydrogens (tertiary/aromatic N) is 4. The minimum absolute atomic E-state index is 0.0796. The summed E-state index contributed by atoms with van der Waals surface area (Å²) in [4.78, 5) is 26.6. The summed E-state index contributed by atoms with van der Waals surface area (Å²) in [6.45, 7) is 6.70. The first kappa shape index (κ1) is 22.8. The zero-order chi connectivity index (χ0) is 23.8. The molecule has 7 nitrogen and oxygen atoms in total. The lowest BCUT2D eigenvalue weighted by molar-refractivity contribution is -0.133. The van der Waals surface area contributed by atoms with Gasteiger partial charge in [0, 0.05) is 56.9 Å². The smallest absolute Gasteiger partial charge is 0.226 e. The summed E-state index contributed by atoms with van der Waals surface area (Å²) in [5.41, 5.74) is 1.83. The molecule has 1 saturated carbocycles. The molecule has 5 rings (SSSR count). The van der Waals surface area contributed by atoms with E-state index in [2.05, 4.69) is 24.1 Å². The molecule has 3 heterocycles. The second-order valence-electron chi connectivity index (χ2n) is 9.75. The highest BCUT2D eigenvalue weighted by Gasteiger charge is 2.36. The molecule has 0 atom stereocenters. The Balaban J connectivity index is 1.31. The fraction of sp³-hybridized carbons (Fsp3) is 0.560. The van der Waals surface area contributed by atoms with Crippen LogP contribution in [0.2, 0.25) is 0 Å². The third-order valence-corrected chi connectivity index (χ3v) is 6.58. The Morgan fingerprint density at radius 2 is 1.85 bits per heavy atom. The molecule has 9 heteroatoms. The van der Waals surface area contributed by atoms with Gasteiger partial charge in [-0.05, 0) is 38.8 Å². The van der Waals surface area contributed by atoms with Crippen LogP contribution in [-0.2, 0) is 17.8 Å². The molecule has 2 aromatic rings. The van der Waals surface area contributed by atoms with Crippen LogP contribution in [0.1, 0.15) is 50.9 Å². The van der Waals surface area contributed by atoms with Crippen molar-refractivity contribution in [2.75, 3.05) is 29.9 Å². The molecule has 0 radical (unpaired) electrons. The number of ether oxygens (including phenoxy) is 1. The van der Waals surface area contributed by atoms with Crippen molar-refractivity contribution in [1.29, 1.82) is 0 Å². The topological polar surface area (TPSA) is 70.6 Å². The molecule has 1 aromatic heterocycles. The lowest BCUT2D eigenvalue weighted by Gasteiger charge is -2.35. The van der Waals surface area contributed by atoms with Gasteiger partial charge >= 0.3 is 0 Å². The van der Waals surface area contributed by atoms with E-state index in [-0.39, 0.29) is 29.7 Å². The Labute approximate surface area is 198 Å². The number of rotatable bonds is 6. The standard InChI is InChI=1S/C25H31F2N5O2/c1-15(2)28-23-24(30-21-14-32(12-9-20(21)29-23)25(33)16-3-4-16)31-10-7-18(8-11-31)34-22-6-5-17(26)13-19(22)27/h5-6,13,15-16,18H,3-4,7-12,14H2,1-2H3,(H,28,29). The normalized spacial score (nSPS) is 18.7. The van der Waals surface area contributed by atoms with Crippen molar-refractivity contribution < 1.29 is 18.3 Å². The van der Waals surface area contributed by atoms with Gasteiger partial charge in [-0.15, -0.1) is 0 Å². The van der Waals surface area contributed by atoms with Crippen molar-refractivity contribution in [1.82, 2.24) is 14.9 Å². The molecule has 1 aliphatic carbocycles. The third kappa shape index (κ3) is 4.93. The first-order valence-electron chi connectivity index (χ1n) is 12.2. The summed E-state index contributed by atoms with van der Waals surface area (Å²) in [5, 5.41) is 3.43. The van der Waals surface area contributed by atoms with Gasteiger partial charge in [-0.1, -0.05) is 0 Å². The molecule has 1 N–H and O–H groups in total. The van der Waals surface area contributed by atoms with E-state index < -0.39 is 11.6 Å². The molecule has 34 heavy (non-hydrogen) atoms. The maximum absolute atomic E-state index is 14.0. The van der Waals surface area contributed by atoms with Gasteiger partial charge in [0.05, 0.1) is 17.9 Å². The Hall–Kier alpha value is -2.97. The van der Waals surface area contributed by atoms with Crippen molar-refractivity contribution in [2.45, 2.75) is 64.6 Å². The SMILES string of the molecule is CC(C)Nc1nc2c(nc1N1CCC(Oc3ccc(F)cc3F)CC1)CN(C(=O)C1CC1)CC2. The van der Waals surface area contributed by atoms with E-state index in [4.69, 9.17) is 14.7 Å². The van der Waals surface area contributed by atoms with Crippen LogP contribution >= 0.6 is 0 Å². The predicted octanol–water partition coefficient (Wildman–Crippen LogP) is 3.92. The number of piperidine rings is 1. The van der Waals surface area contributed by atoms with Crippen LogP contribution in [0.5, 0.6) is 5.75 Å². The number of hydrogen-bond acceptors (Lipinski definition) is 6. The van der Waals surface area contributed by atoms with E-state index in [0.717, 1.165) is 41.9 Å². The molecule has 0 spiro atoms. The number of carbonyl (C=O) groups excluding carboxylic acids is 1. The van der Waals surface area contributed by atoms with Gasteiger partial charge < -0.3 is 19.9 Å². The molecule has 2 fully saturated rings. The van der Waals surface area contributed by atoms with Gasteiger partial charge in [-0.3, -0.25) is 4.79 Å². The fourth-order valence-corrected chi connectivity index (χ4v) is 4.63. The van der Waals surface area contributed by atoms with Crippen molar-refractivity contribution in [2.24, 2.45) is 5.92 Å². The lowest BCUT2D eigenvalue weighted by atomic mass is 10.1. The van der Waals surface area contributed by atoms with E-state index >= 15 is 0 Å². The summed E-state index contributed by atoms with van der Waals surface area (Å²) < 4.78 is 33.0. The second-order valence-corrected chi connectivity index (χ2v) is 9.75. The summed E-state index contributed by atoms with van der Waals surface area (Å²) in [6, 6.07) is 3.58. The largest absolute Gasteiger partial charge is 0.487 e. The molecule has 182 valence electrons. The van der Waals surface area contributed by atoms with E-state index in [9.17, 15) is 13.6 Å². The first-order chi connectivity index (χ1) is 16.4. The van der Waals surface area contributed by atoms with Crippen molar-refractivity contribution in [3.63, 3.8) is 0 Å². The monoisotopic (exact) mass is 471 g/mol. The molecule has 1 saturated heterocycles. The maximum Gasteiger partial charge on any atom is 0.226 e. The Bertz CT molecular complexity index is 1070. The number of benzene rings is 1. The van der Waals surface area contributed by atoms with Crippen LogP contribution in [0, 0.1) is 17.6 Å². The highest BCUT2D eigenvalue weighted by atomic mass is 19.1. The van der Waals surface area contributed by atoms with Gasteiger partial charge in [0.1, 0.15) is 11.9 Å². The molecule has 1 amide bonds. The second kappa shape index (κ2) is 9.35. The molecular weight excluding hydrogens is 440 g/mol. The van der Waals surface area contributed by atoms with Gasteiger partial charge in [-0.25, -0.2) is 18.7 Å². The van der Waals surface area contributed by atoms with E-state index in [1.807, 2.05) is 4.90 Å². The number of aromatic nitrogens is 2. The highest BCUT2D eigenvalue weighted by molar-refractivity contribution is 5.81. The Morgan fingerprint density at radius 1 is 1.09 bits per heavy atom. The number of anilines is 2. The zero-order valence-electron chi connectivity index (χ0n) is 19.7. The first-order valence-corrected chi connectivity index (χ1v) is 12.2. The number of halogens is 2. The van der Waals surface area contributed by atoms with Crippen LogP contribution in [-0.4, -0.2) is 52.6 Å². The Morgan fingerprint density at radius 3 is 2.53 bits per heavy atom. The van der Waals surface area contributed by atoms with Gasteiger partial charge in [-0.2, -0.15) is 0 Å². The van der Waals surface area contributed by atoms with Gasteiger partial charge in [0.25, 0.3) is 0 Å². The molecule has 3 aliphatic rings. The van der Waals surface area contributed by atoms with Crippen LogP contribution < -0.4 is 15.0 Å². The van der Waals surface area contributed by atoms with Crippen LogP contribution in [0.25, 0.3) is 0 Å². The number of carbonyl (C=O) groups is 1. The molecule has 2 aliphatic heterocycles. The van der Waals surface area contributed by atoms with Crippen molar-refractivity contribution in [3.05, 3.63) is 41.2 Å². The molecule has 0 bridgehead atoms. The van der Waals surface area contributed by atoms with E-state index in [1.54, 1.807) is 0 Å². The average Bonchev–Trinajstić information content (AvgIpc) is 3.65. The summed E-state index contributed by atoms with van der Waals surface area (Å²) in [5.74, 6) is 0.769. The zero-order valence-corrected chi connectivity index (χ0v) is 19.7. The summed E-state index contributed by atoms with van der Waals surface area (Å²) in [6.07, 6.45) is 3.92. The highest BCUT2D eigenvalue weighted by Crippen LogP contribution is 2.34. The molecule has 0 unspecified atom stereocenters. The predicted molar refractivity (Wildman–Crippen MR) is 125 cm³/mol. The summed E-state index contributed by atoms with van der Waals surface area (Å²) in [7, 11) is 0. The van der Waals surface area contributed by atoms with E-state index in [1.165, 1.54) is 12.1 Å². The minimum Gasteiger partial charge on any atom is -0.487 e. The van der Waals surface area contributed by atoms with Gasteiger partial charge in [0.15, 0.2) is 23.2 Å². The Kier molecular flexibility index (Phi) is 6.27. The number of hydrogen-bond donors (Lipinski definition) is 1. The minimum atomic E-state index is -0.684. The molecular formula is C25H31F2N5O2. The number of fused-ring (bicyclic) bond motifs is 1. The quantitative estimate of drug-likeness (QED) is 0.689. The van der Waals surface area contributed by atoms with Crippen molar-refractivity contribution in [3.8, 4) is 5.75 Å². The summed E-state index contributed by atoms with van der Waals surface area (Å²) >= 11 is 0. The average molecular weight is 472 g/mol. The van der Waals surface area contributed by atoms with Crippen LogP contribution in [0.4, 0.5) is 20.4 Å². The number of nitrogens with one attached hydrogen (secondary N) is 1. The third-order valence-electron chi connectivity index (χ3n) is 6.58. The maximum atomic E-state index is 14.0.